The topological polar surface area (TPSA) is 72.2 Å². The fourth-order valence-corrected chi connectivity index (χ4v) is 3.99. The minimum atomic E-state index is -0.658. The zero-order chi connectivity index (χ0) is 12.3. The molecule has 4 nitrogen and oxygen atoms in total. The summed E-state index contributed by atoms with van der Waals surface area (Å²) in [5.74, 6) is 1.59. The molecule has 0 spiro atoms. The summed E-state index contributed by atoms with van der Waals surface area (Å²) in [4.78, 5) is 11.9. The molecule has 0 aromatic carbocycles. The zero-order valence-electron chi connectivity index (χ0n) is 10.2. The summed E-state index contributed by atoms with van der Waals surface area (Å²) in [5.41, 5.74) is 5.83. The molecule has 17 heavy (non-hydrogen) atoms. The van der Waals surface area contributed by atoms with Crippen LogP contribution >= 0.6 is 0 Å². The van der Waals surface area contributed by atoms with Crippen molar-refractivity contribution in [1.29, 1.82) is 0 Å². The molecule has 0 unspecified atom stereocenters. The average Bonchev–Trinajstić information content (AvgIpc) is 2.27. The molecule has 1 saturated carbocycles. The van der Waals surface area contributed by atoms with Crippen molar-refractivity contribution < 1.29 is 9.00 Å². The lowest BCUT2D eigenvalue weighted by atomic mass is 9.66. The van der Waals surface area contributed by atoms with Crippen molar-refractivity contribution in [2.75, 3.05) is 18.1 Å². The van der Waals surface area contributed by atoms with Gasteiger partial charge < -0.3 is 11.1 Å². The van der Waals surface area contributed by atoms with E-state index in [1.54, 1.807) is 0 Å². The van der Waals surface area contributed by atoms with E-state index in [4.69, 9.17) is 5.73 Å². The highest BCUT2D eigenvalue weighted by Crippen LogP contribution is 2.42. The lowest BCUT2D eigenvalue weighted by Crippen LogP contribution is -2.45. The minimum Gasteiger partial charge on any atom is -0.353 e. The number of hydrogen-bond donors (Lipinski definition) is 2. The summed E-state index contributed by atoms with van der Waals surface area (Å²) < 4.78 is 11.2. The fourth-order valence-electron chi connectivity index (χ4n) is 2.69. The Morgan fingerprint density at radius 2 is 2.00 bits per heavy atom. The van der Waals surface area contributed by atoms with Crippen LogP contribution < -0.4 is 11.1 Å². The Kier molecular flexibility index (Phi) is 4.20. The van der Waals surface area contributed by atoms with E-state index in [0.29, 0.717) is 13.0 Å². The molecule has 2 rings (SSSR count). The van der Waals surface area contributed by atoms with Gasteiger partial charge in [0.2, 0.25) is 5.91 Å². The zero-order valence-corrected chi connectivity index (χ0v) is 11.1. The van der Waals surface area contributed by atoms with Crippen molar-refractivity contribution in [1.82, 2.24) is 5.32 Å². The highest BCUT2D eigenvalue weighted by Gasteiger charge is 2.37. The van der Waals surface area contributed by atoms with Gasteiger partial charge >= 0.3 is 0 Å². The summed E-state index contributed by atoms with van der Waals surface area (Å²) >= 11 is 0. The van der Waals surface area contributed by atoms with Crippen molar-refractivity contribution in [3.8, 4) is 0 Å². The van der Waals surface area contributed by atoms with Crippen LogP contribution in [0.2, 0.25) is 0 Å². The van der Waals surface area contributed by atoms with Gasteiger partial charge in [0, 0.05) is 34.8 Å². The van der Waals surface area contributed by atoms with Crippen molar-refractivity contribution in [2.45, 2.75) is 44.6 Å². The normalized spacial score (nSPS) is 31.6. The number of carbonyl (C=O) groups is 1. The number of rotatable bonds is 4. The Morgan fingerprint density at radius 1 is 1.35 bits per heavy atom. The van der Waals surface area contributed by atoms with Crippen LogP contribution in [-0.2, 0) is 15.6 Å². The number of amides is 1. The maximum absolute atomic E-state index is 11.9. The van der Waals surface area contributed by atoms with Gasteiger partial charge in [-0.1, -0.05) is 6.42 Å². The van der Waals surface area contributed by atoms with Crippen LogP contribution in [0.1, 0.15) is 38.5 Å². The second-order valence-electron chi connectivity index (χ2n) is 5.42. The van der Waals surface area contributed by atoms with Gasteiger partial charge in [-0.3, -0.25) is 9.00 Å². The monoisotopic (exact) mass is 258 g/mol. The van der Waals surface area contributed by atoms with Gasteiger partial charge in [0.05, 0.1) is 0 Å². The van der Waals surface area contributed by atoms with E-state index in [1.165, 1.54) is 6.42 Å². The Morgan fingerprint density at radius 3 is 2.47 bits per heavy atom. The van der Waals surface area contributed by atoms with E-state index in [1.807, 2.05) is 0 Å². The van der Waals surface area contributed by atoms with Crippen molar-refractivity contribution >= 4 is 16.7 Å². The first-order chi connectivity index (χ1) is 8.13. The van der Waals surface area contributed by atoms with Gasteiger partial charge in [0.15, 0.2) is 0 Å². The molecule has 0 aromatic rings. The Labute approximate surface area is 105 Å². The smallest absolute Gasteiger partial charge is 0.220 e. The molecule has 98 valence electrons. The second kappa shape index (κ2) is 5.48. The maximum atomic E-state index is 11.9. The van der Waals surface area contributed by atoms with Gasteiger partial charge in [0.25, 0.3) is 0 Å². The molecular formula is C12H22N2O2S. The van der Waals surface area contributed by atoms with Crippen LogP contribution in [0.4, 0.5) is 0 Å². The number of carbonyl (C=O) groups excluding carboxylic acids is 1. The van der Waals surface area contributed by atoms with Gasteiger partial charge in [-0.15, -0.1) is 0 Å². The highest BCUT2D eigenvalue weighted by atomic mass is 32.2. The lowest BCUT2D eigenvalue weighted by molar-refractivity contribution is -0.125. The first kappa shape index (κ1) is 13.0. The quantitative estimate of drug-likeness (QED) is 0.773. The first-order valence-electron chi connectivity index (χ1n) is 6.48. The number of hydrogen-bond acceptors (Lipinski definition) is 3. The SMILES string of the molecule is NCC1(CC(=O)NC2CCS(=O)CC2)CCC1. The molecule has 1 saturated heterocycles. The Hall–Kier alpha value is -0.420. The van der Waals surface area contributed by atoms with Gasteiger partial charge in [-0.25, -0.2) is 0 Å². The molecule has 1 aliphatic carbocycles. The van der Waals surface area contributed by atoms with E-state index in [9.17, 15) is 9.00 Å². The lowest BCUT2D eigenvalue weighted by Gasteiger charge is -2.40. The van der Waals surface area contributed by atoms with Crippen LogP contribution in [-0.4, -0.2) is 34.2 Å². The van der Waals surface area contributed by atoms with Crippen LogP contribution in [0.25, 0.3) is 0 Å². The molecule has 0 atom stereocenters. The predicted molar refractivity (Wildman–Crippen MR) is 69.0 cm³/mol. The van der Waals surface area contributed by atoms with Crippen LogP contribution in [0, 0.1) is 5.41 Å². The number of nitrogens with two attached hydrogens (primary N) is 1. The minimum absolute atomic E-state index is 0.0849. The molecule has 3 N–H and O–H groups in total. The summed E-state index contributed by atoms with van der Waals surface area (Å²) in [7, 11) is -0.658. The molecule has 0 aromatic heterocycles. The molecule has 1 amide bonds. The molecule has 2 fully saturated rings. The summed E-state index contributed by atoms with van der Waals surface area (Å²) in [6.07, 6.45) is 5.66. The third-order valence-electron chi connectivity index (χ3n) is 4.14. The van der Waals surface area contributed by atoms with Gasteiger partial charge in [0.1, 0.15) is 0 Å². The van der Waals surface area contributed by atoms with E-state index in [0.717, 1.165) is 37.2 Å². The molecular weight excluding hydrogens is 236 g/mol. The molecule has 2 aliphatic rings. The molecule has 0 radical (unpaired) electrons. The predicted octanol–water partition coefficient (Wildman–Crippen LogP) is 0.533. The largest absolute Gasteiger partial charge is 0.353 e. The molecule has 5 heteroatoms. The summed E-state index contributed by atoms with van der Waals surface area (Å²) in [6.45, 7) is 0.620. The maximum Gasteiger partial charge on any atom is 0.220 e. The fraction of sp³-hybridized carbons (Fsp3) is 0.917. The Balaban J connectivity index is 1.75. The third-order valence-corrected chi connectivity index (χ3v) is 5.52. The van der Waals surface area contributed by atoms with E-state index in [2.05, 4.69) is 5.32 Å². The van der Waals surface area contributed by atoms with Crippen molar-refractivity contribution in [3.05, 3.63) is 0 Å². The van der Waals surface area contributed by atoms with E-state index in [-0.39, 0.29) is 17.4 Å². The molecule has 1 heterocycles. The van der Waals surface area contributed by atoms with E-state index >= 15 is 0 Å². The standard InChI is InChI=1S/C12H22N2O2S/c13-9-12(4-1-5-12)8-11(15)14-10-2-6-17(16)7-3-10/h10H,1-9,13H2,(H,14,15). The molecule has 1 aliphatic heterocycles. The van der Waals surface area contributed by atoms with Gasteiger partial charge in [-0.05, 0) is 37.6 Å². The third kappa shape index (κ3) is 3.28. The first-order valence-corrected chi connectivity index (χ1v) is 7.97. The van der Waals surface area contributed by atoms with Gasteiger partial charge in [-0.2, -0.15) is 0 Å². The second-order valence-corrected chi connectivity index (χ2v) is 7.12. The van der Waals surface area contributed by atoms with E-state index < -0.39 is 10.8 Å². The highest BCUT2D eigenvalue weighted by molar-refractivity contribution is 7.85. The van der Waals surface area contributed by atoms with Crippen LogP contribution in [0.3, 0.4) is 0 Å². The van der Waals surface area contributed by atoms with Crippen LogP contribution in [0.15, 0.2) is 0 Å². The number of nitrogens with one attached hydrogen (secondary N) is 1. The summed E-state index contributed by atoms with van der Waals surface area (Å²) in [6, 6.07) is 0.232. The van der Waals surface area contributed by atoms with Crippen LogP contribution in [0.5, 0.6) is 0 Å². The van der Waals surface area contributed by atoms with Crippen molar-refractivity contribution in [2.24, 2.45) is 11.1 Å². The Bertz CT molecular complexity index is 300. The average molecular weight is 258 g/mol. The van der Waals surface area contributed by atoms with Crippen molar-refractivity contribution in [3.63, 3.8) is 0 Å². The molecule has 0 bridgehead atoms. The summed E-state index contributed by atoms with van der Waals surface area (Å²) in [5, 5.41) is 3.07.